The highest BCUT2D eigenvalue weighted by atomic mass is 16.5. The van der Waals surface area contributed by atoms with Crippen molar-refractivity contribution in [2.24, 2.45) is 0 Å². The quantitative estimate of drug-likeness (QED) is 0.583. The Bertz CT molecular complexity index is 1130. The van der Waals surface area contributed by atoms with Gasteiger partial charge in [-0.3, -0.25) is 9.69 Å². The number of carbonyl (C=O) groups is 1. The third-order valence-corrected chi connectivity index (χ3v) is 5.68. The molecule has 1 amide bonds. The largest absolute Gasteiger partial charge is 0.383 e. The number of hydrogen-bond acceptors (Lipinski definition) is 6. The minimum atomic E-state index is 0.142. The number of carbonyl (C=O) groups excluding carboxylic acids is 1. The fourth-order valence-electron chi connectivity index (χ4n) is 3.86. The van der Waals surface area contributed by atoms with Crippen LogP contribution in [0.2, 0.25) is 0 Å². The summed E-state index contributed by atoms with van der Waals surface area (Å²) in [6.45, 7) is 4.88. The van der Waals surface area contributed by atoms with Gasteiger partial charge in [-0.05, 0) is 35.9 Å². The number of terminal acetylenes is 1. The van der Waals surface area contributed by atoms with Crippen LogP contribution in [0, 0.1) is 12.3 Å². The summed E-state index contributed by atoms with van der Waals surface area (Å²) in [7, 11) is 1.71. The van der Waals surface area contributed by atoms with E-state index in [1.54, 1.807) is 7.11 Å². The number of ether oxygens (including phenoxy) is 1. The summed E-state index contributed by atoms with van der Waals surface area (Å²) in [6.07, 6.45) is 7.40. The van der Waals surface area contributed by atoms with Gasteiger partial charge >= 0.3 is 0 Å². The van der Waals surface area contributed by atoms with E-state index in [2.05, 4.69) is 26.1 Å². The van der Waals surface area contributed by atoms with Gasteiger partial charge < -0.3 is 15.0 Å². The van der Waals surface area contributed by atoms with E-state index in [-0.39, 0.29) is 5.91 Å². The molecule has 0 spiro atoms. The Hall–Kier alpha value is -3.47. The number of amides is 1. The number of hydrogen-bond donors (Lipinski definition) is 1. The molecule has 1 saturated heterocycles. The molecular weight excluding hydrogens is 402 g/mol. The Kier molecular flexibility index (Phi) is 6.95. The number of nitrogens with zero attached hydrogens (tertiary/aromatic N) is 4. The smallest absolute Gasteiger partial charge is 0.227 e. The van der Waals surface area contributed by atoms with E-state index in [0.29, 0.717) is 12.2 Å². The number of anilines is 2. The molecule has 1 N–H and O–H groups in total. The molecule has 0 atom stereocenters. The van der Waals surface area contributed by atoms with E-state index < -0.39 is 0 Å². The number of piperazine rings is 1. The second kappa shape index (κ2) is 10.2. The predicted molar refractivity (Wildman–Crippen MR) is 126 cm³/mol. The van der Waals surface area contributed by atoms with Crippen molar-refractivity contribution in [2.75, 3.05) is 51.8 Å². The summed E-state index contributed by atoms with van der Waals surface area (Å²) in [5, 5.41) is 4.20. The van der Waals surface area contributed by atoms with E-state index in [1.165, 1.54) is 6.33 Å². The van der Waals surface area contributed by atoms with Crippen molar-refractivity contribution in [1.82, 2.24) is 19.8 Å². The maximum absolute atomic E-state index is 12.9. The predicted octanol–water partition coefficient (Wildman–Crippen LogP) is 2.69. The van der Waals surface area contributed by atoms with Crippen LogP contribution in [0.1, 0.15) is 11.1 Å². The van der Waals surface area contributed by atoms with Crippen molar-refractivity contribution in [1.29, 1.82) is 0 Å². The molecule has 0 radical (unpaired) electrons. The Balaban J connectivity index is 1.47. The lowest BCUT2D eigenvalue weighted by Crippen LogP contribution is -2.49. The van der Waals surface area contributed by atoms with Crippen LogP contribution in [0.4, 0.5) is 11.5 Å². The molecule has 1 aromatic heterocycles. The normalized spacial score (nSPS) is 14.3. The molecule has 7 heteroatoms. The van der Waals surface area contributed by atoms with Crippen molar-refractivity contribution < 1.29 is 9.53 Å². The SMILES string of the molecule is C#Cc1cccc(Nc2ncnc3ccc(CC(=O)N4CCN(CCOC)CC4)cc23)c1. The number of methoxy groups -OCH3 is 1. The first-order chi connectivity index (χ1) is 15.7. The molecular formula is C25H27N5O2. The van der Waals surface area contributed by atoms with E-state index in [0.717, 1.165) is 67.0 Å². The Morgan fingerprint density at radius 1 is 1.16 bits per heavy atom. The van der Waals surface area contributed by atoms with Gasteiger partial charge in [0, 0.05) is 56.5 Å². The highest BCUT2D eigenvalue weighted by molar-refractivity contribution is 5.92. The third kappa shape index (κ3) is 5.22. The van der Waals surface area contributed by atoms with E-state index in [1.807, 2.05) is 47.4 Å². The zero-order valence-electron chi connectivity index (χ0n) is 18.3. The molecule has 0 bridgehead atoms. The van der Waals surface area contributed by atoms with Crippen LogP contribution in [-0.4, -0.2) is 72.1 Å². The molecule has 0 aliphatic carbocycles. The first-order valence-corrected chi connectivity index (χ1v) is 10.7. The third-order valence-electron chi connectivity index (χ3n) is 5.68. The summed E-state index contributed by atoms with van der Waals surface area (Å²) in [6, 6.07) is 13.5. The van der Waals surface area contributed by atoms with Gasteiger partial charge in [0.2, 0.25) is 5.91 Å². The fourth-order valence-corrected chi connectivity index (χ4v) is 3.86. The molecule has 0 unspecified atom stereocenters. The zero-order chi connectivity index (χ0) is 22.3. The Morgan fingerprint density at radius 3 is 2.78 bits per heavy atom. The van der Waals surface area contributed by atoms with Crippen LogP contribution in [0.15, 0.2) is 48.8 Å². The Morgan fingerprint density at radius 2 is 2.00 bits per heavy atom. The number of benzene rings is 2. The fraction of sp³-hybridized carbons (Fsp3) is 0.320. The van der Waals surface area contributed by atoms with Crippen LogP contribution in [-0.2, 0) is 16.0 Å². The zero-order valence-corrected chi connectivity index (χ0v) is 18.3. The average molecular weight is 430 g/mol. The maximum atomic E-state index is 12.9. The molecule has 1 fully saturated rings. The van der Waals surface area contributed by atoms with E-state index in [4.69, 9.17) is 11.2 Å². The van der Waals surface area contributed by atoms with Gasteiger partial charge in [-0.2, -0.15) is 0 Å². The molecule has 2 heterocycles. The summed E-state index contributed by atoms with van der Waals surface area (Å²) >= 11 is 0. The van der Waals surface area contributed by atoms with Gasteiger partial charge in [0.15, 0.2) is 0 Å². The maximum Gasteiger partial charge on any atom is 0.227 e. The molecule has 164 valence electrons. The van der Waals surface area contributed by atoms with Gasteiger partial charge in [0.25, 0.3) is 0 Å². The van der Waals surface area contributed by atoms with Crippen molar-refractivity contribution in [3.63, 3.8) is 0 Å². The lowest BCUT2D eigenvalue weighted by molar-refractivity contribution is -0.132. The van der Waals surface area contributed by atoms with Crippen LogP contribution in [0.5, 0.6) is 0 Å². The summed E-state index contributed by atoms with van der Waals surface area (Å²) in [5.74, 6) is 3.47. The highest BCUT2D eigenvalue weighted by Gasteiger charge is 2.21. The monoisotopic (exact) mass is 429 g/mol. The van der Waals surface area contributed by atoms with Gasteiger partial charge in [0.1, 0.15) is 12.1 Å². The first-order valence-electron chi connectivity index (χ1n) is 10.7. The molecule has 2 aromatic carbocycles. The molecule has 3 aromatic rings. The summed E-state index contributed by atoms with van der Waals surface area (Å²) in [4.78, 5) is 25.9. The van der Waals surface area contributed by atoms with Gasteiger partial charge in [-0.1, -0.05) is 18.1 Å². The summed E-state index contributed by atoms with van der Waals surface area (Å²) < 4.78 is 5.15. The second-order valence-electron chi connectivity index (χ2n) is 7.82. The molecule has 1 aliphatic rings. The Labute approximate surface area is 188 Å². The van der Waals surface area contributed by atoms with Crippen LogP contribution < -0.4 is 5.32 Å². The molecule has 4 rings (SSSR count). The highest BCUT2D eigenvalue weighted by Crippen LogP contribution is 2.25. The number of fused-ring (bicyclic) bond motifs is 1. The first kappa shape index (κ1) is 21.8. The van der Waals surface area contributed by atoms with Crippen molar-refractivity contribution >= 4 is 28.3 Å². The number of aromatic nitrogens is 2. The van der Waals surface area contributed by atoms with Gasteiger partial charge in [-0.25, -0.2) is 9.97 Å². The second-order valence-corrected chi connectivity index (χ2v) is 7.82. The van der Waals surface area contributed by atoms with Gasteiger partial charge in [-0.15, -0.1) is 6.42 Å². The summed E-state index contributed by atoms with van der Waals surface area (Å²) in [5.41, 5.74) is 3.41. The van der Waals surface area contributed by atoms with E-state index in [9.17, 15) is 4.79 Å². The van der Waals surface area contributed by atoms with Crippen molar-refractivity contribution in [2.45, 2.75) is 6.42 Å². The topological polar surface area (TPSA) is 70.6 Å². The van der Waals surface area contributed by atoms with Gasteiger partial charge in [0.05, 0.1) is 18.5 Å². The molecule has 1 aliphatic heterocycles. The standard InChI is InChI=1S/C25H27N5O2/c1-3-19-5-4-6-21(15-19)28-25-22-16-20(7-8-23(22)26-18-27-25)17-24(31)30-11-9-29(10-12-30)13-14-32-2/h1,4-8,15-16,18H,9-14,17H2,2H3,(H,26,27,28). The minimum Gasteiger partial charge on any atom is -0.383 e. The lowest BCUT2D eigenvalue weighted by Gasteiger charge is -2.34. The van der Waals surface area contributed by atoms with Crippen LogP contribution in [0.3, 0.4) is 0 Å². The average Bonchev–Trinajstić information content (AvgIpc) is 2.83. The lowest BCUT2D eigenvalue weighted by atomic mass is 10.1. The van der Waals surface area contributed by atoms with E-state index >= 15 is 0 Å². The van der Waals surface area contributed by atoms with Crippen molar-refractivity contribution in [3.8, 4) is 12.3 Å². The number of rotatable bonds is 7. The molecule has 0 saturated carbocycles. The molecule has 7 nitrogen and oxygen atoms in total. The van der Waals surface area contributed by atoms with Crippen LogP contribution in [0.25, 0.3) is 10.9 Å². The molecule has 32 heavy (non-hydrogen) atoms. The van der Waals surface area contributed by atoms with Crippen molar-refractivity contribution in [3.05, 3.63) is 59.9 Å². The minimum absolute atomic E-state index is 0.142. The number of nitrogens with one attached hydrogen (secondary N) is 1. The van der Waals surface area contributed by atoms with Crippen LogP contribution >= 0.6 is 0 Å².